The monoisotopic (exact) mass is 340 g/mol. The van der Waals surface area contributed by atoms with Gasteiger partial charge in [-0.3, -0.25) is 10.3 Å². The van der Waals surface area contributed by atoms with Gasteiger partial charge in [-0.2, -0.15) is 0 Å². The van der Waals surface area contributed by atoms with Crippen molar-refractivity contribution in [2.24, 2.45) is 0 Å². The molecule has 3 aromatic rings. The van der Waals surface area contributed by atoms with Gasteiger partial charge in [0.25, 0.3) is 0 Å². The van der Waals surface area contributed by atoms with Crippen molar-refractivity contribution in [2.45, 2.75) is 32.9 Å². The molecule has 0 spiro atoms. The molecule has 0 saturated heterocycles. The maximum atomic E-state index is 12.7. The van der Waals surface area contributed by atoms with Crippen molar-refractivity contribution < 1.29 is 13.7 Å². The summed E-state index contributed by atoms with van der Waals surface area (Å²) in [5.41, 5.74) is 0.923. The average Bonchev–Trinajstić information content (AvgIpc) is 3.27. The van der Waals surface area contributed by atoms with Crippen LogP contribution in [0.4, 0.5) is 10.6 Å². The predicted molar refractivity (Wildman–Crippen MR) is 91.8 cm³/mol. The minimum atomic E-state index is -0.288. The van der Waals surface area contributed by atoms with E-state index in [1.54, 1.807) is 35.7 Å². The largest absolute Gasteiger partial charge is 0.467 e. The number of carbonyl (C=O) groups is 1. The zero-order chi connectivity index (χ0) is 17.6. The highest BCUT2D eigenvalue weighted by Gasteiger charge is 2.18. The molecule has 0 unspecified atom stereocenters. The van der Waals surface area contributed by atoms with E-state index in [4.69, 9.17) is 8.94 Å². The summed E-state index contributed by atoms with van der Waals surface area (Å²) in [6, 6.07) is 8.83. The molecule has 0 aliphatic carbocycles. The smallest absolute Gasteiger partial charge is 0.323 e. The SMILES string of the molecule is CC(C)c1cc(NC(=O)N(Cc2cccnc2)Cc2ccco2)no1. The Morgan fingerprint density at radius 2 is 2.16 bits per heavy atom. The van der Waals surface area contributed by atoms with Gasteiger partial charge in [0.05, 0.1) is 12.8 Å². The van der Waals surface area contributed by atoms with E-state index in [1.807, 2.05) is 32.0 Å². The van der Waals surface area contributed by atoms with Crippen LogP contribution in [0.15, 0.2) is 57.9 Å². The highest BCUT2D eigenvalue weighted by molar-refractivity contribution is 5.88. The fourth-order valence-electron chi connectivity index (χ4n) is 2.31. The Bertz CT molecular complexity index is 797. The van der Waals surface area contributed by atoms with Crippen molar-refractivity contribution in [3.8, 4) is 0 Å². The molecule has 0 aliphatic rings. The van der Waals surface area contributed by atoms with Gasteiger partial charge in [0.1, 0.15) is 11.5 Å². The number of aromatic nitrogens is 2. The Kier molecular flexibility index (Phi) is 5.13. The lowest BCUT2D eigenvalue weighted by atomic mass is 10.2. The molecule has 3 rings (SSSR count). The first-order valence-electron chi connectivity index (χ1n) is 8.05. The first-order valence-corrected chi connectivity index (χ1v) is 8.05. The van der Waals surface area contributed by atoms with Crippen LogP contribution in [-0.2, 0) is 13.1 Å². The zero-order valence-electron chi connectivity index (χ0n) is 14.2. The third kappa shape index (κ3) is 4.47. The van der Waals surface area contributed by atoms with E-state index >= 15 is 0 Å². The van der Waals surface area contributed by atoms with Crippen LogP contribution >= 0.6 is 0 Å². The van der Waals surface area contributed by atoms with Crippen molar-refractivity contribution in [1.82, 2.24) is 15.0 Å². The maximum absolute atomic E-state index is 12.7. The van der Waals surface area contributed by atoms with Crippen molar-refractivity contribution in [3.63, 3.8) is 0 Å². The molecule has 25 heavy (non-hydrogen) atoms. The van der Waals surface area contributed by atoms with Gasteiger partial charge >= 0.3 is 6.03 Å². The van der Waals surface area contributed by atoms with Crippen LogP contribution in [0.25, 0.3) is 0 Å². The maximum Gasteiger partial charge on any atom is 0.323 e. The number of furan rings is 1. The molecular weight excluding hydrogens is 320 g/mol. The number of nitrogens with one attached hydrogen (secondary N) is 1. The van der Waals surface area contributed by atoms with E-state index < -0.39 is 0 Å². The molecular formula is C18H20N4O3. The summed E-state index contributed by atoms with van der Waals surface area (Å²) in [5.74, 6) is 2.01. The van der Waals surface area contributed by atoms with Gasteiger partial charge in [-0.15, -0.1) is 0 Å². The second kappa shape index (κ2) is 7.65. The van der Waals surface area contributed by atoms with Crippen molar-refractivity contribution in [3.05, 3.63) is 66.1 Å². The van der Waals surface area contributed by atoms with Crippen LogP contribution in [0.2, 0.25) is 0 Å². The topological polar surface area (TPSA) is 84.4 Å². The first kappa shape index (κ1) is 16.8. The third-order valence-corrected chi connectivity index (χ3v) is 3.64. The molecule has 0 radical (unpaired) electrons. The Balaban J connectivity index is 1.73. The van der Waals surface area contributed by atoms with Crippen LogP contribution < -0.4 is 5.32 Å². The summed E-state index contributed by atoms with van der Waals surface area (Å²) in [5, 5.41) is 6.66. The van der Waals surface area contributed by atoms with Crippen molar-refractivity contribution in [1.29, 1.82) is 0 Å². The Morgan fingerprint density at radius 3 is 2.80 bits per heavy atom. The van der Waals surface area contributed by atoms with Crippen molar-refractivity contribution >= 4 is 11.8 Å². The lowest BCUT2D eigenvalue weighted by molar-refractivity contribution is 0.201. The molecule has 7 nitrogen and oxygen atoms in total. The van der Waals surface area contributed by atoms with Gasteiger partial charge in [-0.25, -0.2) is 4.79 Å². The fraction of sp³-hybridized carbons (Fsp3) is 0.278. The Morgan fingerprint density at radius 1 is 1.28 bits per heavy atom. The number of amides is 2. The molecule has 0 aromatic carbocycles. The van der Waals surface area contributed by atoms with Crippen LogP contribution in [0, 0.1) is 0 Å². The molecule has 0 aliphatic heterocycles. The van der Waals surface area contributed by atoms with Gasteiger partial charge in [0.2, 0.25) is 0 Å². The first-order chi connectivity index (χ1) is 12.1. The number of carbonyl (C=O) groups excluding carboxylic acids is 1. The summed E-state index contributed by atoms with van der Waals surface area (Å²) in [7, 11) is 0. The molecule has 0 bridgehead atoms. The van der Waals surface area contributed by atoms with Crippen LogP contribution in [0.1, 0.15) is 36.8 Å². The van der Waals surface area contributed by atoms with E-state index in [0.29, 0.717) is 24.7 Å². The van der Waals surface area contributed by atoms with E-state index in [9.17, 15) is 4.79 Å². The summed E-state index contributed by atoms with van der Waals surface area (Å²) >= 11 is 0. The van der Waals surface area contributed by atoms with Crippen LogP contribution in [0.3, 0.4) is 0 Å². The number of pyridine rings is 1. The number of anilines is 1. The van der Waals surface area contributed by atoms with Crippen LogP contribution in [-0.4, -0.2) is 21.1 Å². The molecule has 3 aromatic heterocycles. The Labute approximate surface area is 145 Å². The van der Waals surface area contributed by atoms with Gasteiger partial charge in [-0.05, 0) is 23.8 Å². The van der Waals surface area contributed by atoms with E-state index in [2.05, 4.69) is 15.5 Å². The lowest BCUT2D eigenvalue weighted by Crippen LogP contribution is -2.34. The summed E-state index contributed by atoms with van der Waals surface area (Å²) in [4.78, 5) is 18.4. The van der Waals surface area contributed by atoms with E-state index in [1.165, 1.54) is 0 Å². The minimum absolute atomic E-state index is 0.202. The Hall–Kier alpha value is -3.09. The summed E-state index contributed by atoms with van der Waals surface area (Å²) in [6.45, 7) is 4.73. The van der Waals surface area contributed by atoms with Crippen LogP contribution in [0.5, 0.6) is 0 Å². The van der Waals surface area contributed by atoms with Gasteiger partial charge in [-0.1, -0.05) is 25.1 Å². The molecule has 0 fully saturated rings. The molecule has 7 heteroatoms. The van der Waals surface area contributed by atoms with Gasteiger partial charge < -0.3 is 13.8 Å². The van der Waals surface area contributed by atoms with Gasteiger partial charge in [0.15, 0.2) is 5.82 Å². The second-order valence-corrected chi connectivity index (χ2v) is 6.00. The van der Waals surface area contributed by atoms with E-state index in [0.717, 1.165) is 11.3 Å². The summed E-state index contributed by atoms with van der Waals surface area (Å²) in [6.07, 6.45) is 5.01. The molecule has 1 N–H and O–H groups in total. The number of urea groups is 1. The molecule has 130 valence electrons. The quantitative estimate of drug-likeness (QED) is 0.732. The second-order valence-electron chi connectivity index (χ2n) is 6.00. The normalized spacial score (nSPS) is 10.8. The highest BCUT2D eigenvalue weighted by atomic mass is 16.5. The van der Waals surface area contributed by atoms with Gasteiger partial charge in [0, 0.05) is 30.9 Å². The molecule has 3 heterocycles. The number of rotatable bonds is 6. The molecule has 0 saturated carbocycles. The average molecular weight is 340 g/mol. The molecule has 0 atom stereocenters. The van der Waals surface area contributed by atoms with Crippen molar-refractivity contribution in [2.75, 3.05) is 5.32 Å². The minimum Gasteiger partial charge on any atom is -0.467 e. The predicted octanol–water partition coefficient (Wildman–Crippen LogP) is 4.02. The number of hydrogen-bond acceptors (Lipinski definition) is 5. The molecule has 2 amide bonds. The fourth-order valence-corrected chi connectivity index (χ4v) is 2.31. The number of hydrogen-bond donors (Lipinski definition) is 1. The third-order valence-electron chi connectivity index (χ3n) is 3.64. The standard InChI is InChI=1S/C18H20N4O3/c1-13(2)16-9-17(21-25-16)20-18(23)22(12-15-6-4-8-24-15)11-14-5-3-7-19-10-14/h3-10,13H,11-12H2,1-2H3,(H,20,21,23). The lowest BCUT2D eigenvalue weighted by Gasteiger charge is -2.21. The summed E-state index contributed by atoms with van der Waals surface area (Å²) < 4.78 is 10.6. The highest BCUT2D eigenvalue weighted by Crippen LogP contribution is 2.19. The zero-order valence-corrected chi connectivity index (χ0v) is 14.2. The van der Waals surface area contributed by atoms with E-state index in [-0.39, 0.29) is 11.9 Å². The number of nitrogens with zero attached hydrogens (tertiary/aromatic N) is 3.